The minimum absolute atomic E-state index is 0. The lowest BCUT2D eigenvalue weighted by Gasteiger charge is -2.31. The van der Waals surface area contributed by atoms with Gasteiger partial charge >= 0.3 is 0 Å². The third-order valence-electron chi connectivity index (χ3n) is 4.84. The van der Waals surface area contributed by atoms with Gasteiger partial charge in [-0.15, -0.1) is 12.4 Å². The molecule has 1 atom stereocenters. The smallest absolute Gasteiger partial charge is 0.259 e. The van der Waals surface area contributed by atoms with Crippen molar-refractivity contribution in [2.75, 3.05) is 11.4 Å². The molecule has 0 heterocycles. The first-order valence-corrected chi connectivity index (χ1v) is 9.70. The number of amides is 2. The number of rotatable bonds is 8. The molecule has 6 N–H and O–H groups in total. The zero-order valence-electron chi connectivity index (χ0n) is 17.0. The summed E-state index contributed by atoms with van der Waals surface area (Å²) in [4.78, 5) is 31.4. The van der Waals surface area contributed by atoms with Crippen LogP contribution in [0.15, 0.2) is 77.8 Å². The molecule has 0 aliphatic carbocycles. The molecule has 0 saturated carbocycles. The van der Waals surface area contributed by atoms with Crippen LogP contribution >= 0.6 is 12.4 Å². The average molecular weight is 440 g/mol. The van der Waals surface area contributed by atoms with Gasteiger partial charge in [0.2, 0.25) is 5.91 Å². The van der Waals surface area contributed by atoms with Crippen molar-refractivity contribution in [2.45, 2.75) is 18.9 Å². The van der Waals surface area contributed by atoms with Crippen molar-refractivity contribution in [2.24, 2.45) is 22.2 Å². The zero-order valence-corrected chi connectivity index (χ0v) is 17.8. The summed E-state index contributed by atoms with van der Waals surface area (Å²) < 4.78 is 0. The number of nitrogens with zero attached hydrogens (tertiary/aromatic N) is 2. The zero-order chi connectivity index (χ0) is 21.5. The predicted octanol–water partition coefficient (Wildman–Crippen LogP) is 2.82. The Morgan fingerprint density at radius 3 is 2.19 bits per heavy atom. The molecule has 7 nitrogen and oxygen atoms in total. The summed E-state index contributed by atoms with van der Waals surface area (Å²) in [6, 6.07) is 21.4. The Balaban J connectivity index is 0.00000341. The van der Waals surface area contributed by atoms with Crippen molar-refractivity contribution in [3.05, 3.63) is 78.4 Å². The summed E-state index contributed by atoms with van der Waals surface area (Å²) in [6.07, 6.45) is 0.822. The minimum atomic E-state index is -0.849. The Hall–Kier alpha value is -3.58. The number of guanidine groups is 1. The number of anilines is 1. The molecule has 0 aliphatic heterocycles. The molecule has 8 heteroatoms. The van der Waals surface area contributed by atoms with E-state index >= 15 is 0 Å². The molecule has 0 spiro atoms. The minimum Gasteiger partial charge on any atom is -0.370 e. The SMILES string of the molecule is Cl.NC(=O)[C@H](CCCN=C(N)N)N(C(=O)c1ccccc1)c1cccc2ccccc12. The Kier molecular flexibility index (Phi) is 8.40. The van der Waals surface area contributed by atoms with Crippen molar-refractivity contribution in [1.29, 1.82) is 0 Å². The second-order valence-corrected chi connectivity index (χ2v) is 6.91. The molecule has 31 heavy (non-hydrogen) atoms. The van der Waals surface area contributed by atoms with Gasteiger partial charge in [0.1, 0.15) is 6.04 Å². The molecule has 2 amide bonds. The van der Waals surface area contributed by atoms with E-state index in [1.807, 2.05) is 48.5 Å². The van der Waals surface area contributed by atoms with E-state index in [4.69, 9.17) is 17.2 Å². The van der Waals surface area contributed by atoms with E-state index < -0.39 is 11.9 Å². The number of nitrogens with two attached hydrogens (primary N) is 3. The van der Waals surface area contributed by atoms with Crippen molar-refractivity contribution in [3.63, 3.8) is 0 Å². The number of benzene rings is 3. The highest BCUT2D eigenvalue weighted by Crippen LogP contribution is 2.30. The van der Waals surface area contributed by atoms with Crippen LogP contribution in [0.25, 0.3) is 10.8 Å². The number of primary amides is 1. The molecule has 0 aliphatic rings. The van der Waals surface area contributed by atoms with E-state index in [1.54, 1.807) is 24.3 Å². The van der Waals surface area contributed by atoms with Gasteiger partial charge in [-0.3, -0.25) is 19.5 Å². The summed E-state index contributed by atoms with van der Waals surface area (Å²) in [5, 5.41) is 1.82. The highest BCUT2D eigenvalue weighted by atomic mass is 35.5. The Labute approximate surface area is 187 Å². The standard InChI is InChI=1S/C23H25N5O2.ClH/c24-21(29)20(14-7-15-27-23(25)26)28(22(30)17-9-2-1-3-10-17)19-13-6-11-16-8-4-5-12-18(16)19;/h1-6,8-13,20H,7,14-15H2,(H2,24,29)(H4,25,26,27);1H/t20-;/m0./s1. The molecule has 0 aromatic heterocycles. The van der Waals surface area contributed by atoms with E-state index in [-0.39, 0.29) is 24.3 Å². The Bertz CT molecular complexity index is 1060. The van der Waals surface area contributed by atoms with Crippen molar-refractivity contribution in [1.82, 2.24) is 0 Å². The second-order valence-electron chi connectivity index (χ2n) is 6.91. The molecule has 3 rings (SSSR count). The Morgan fingerprint density at radius 2 is 1.52 bits per heavy atom. The topological polar surface area (TPSA) is 128 Å². The predicted molar refractivity (Wildman–Crippen MR) is 127 cm³/mol. The largest absolute Gasteiger partial charge is 0.370 e. The quantitative estimate of drug-likeness (QED) is 0.283. The lowest BCUT2D eigenvalue weighted by Crippen LogP contribution is -2.48. The van der Waals surface area contributed by atoms with Crippen molar-refractivity contribution >= 4 is 46.6 Å². The number of hydrogen-bond acceptors (Lipinski definition) is 3. The van der Waals surface area contributed by atoms with Gasteiger partial charge in [-0.25, -0.2) is 0 Å². The molecule has 3 aromatic carbocycles. The van der Waals surface area contributed by atoms with Gasteiger partial charge in [0.05, 0.1) is 5.69 Å². The van der Waals surface area contributed by atoms with Gasteiger partial charge in [0.15, 0.2) is 5.96 Å². The average Bonchev–Trinajstić information content (AvgIpc) is 2.75. The van der Waals surface area contributed by atoms with Gasteiger partial charge in [0.25, 0.3) is 5.91 Å². The van der Waals surface area contributed by atoms with E-state index in [1.165, 1.54) is 4.90 Å². The lowest BCUT2D eigenvalue weighted by atomic mass is 10.0. The van der Waals surface area contributed by atoms with Gasteiger partial charge in [0, 0.05) is 17.5 Å². The normalized spacial score (nSPS) is 11.2. The molecule has 162 valence electrons. The highest BCUT2D eigenvalue weighted by Gasteiger charge is 2.31. The summed E-state index contributed by atoms with van der Waals surface area (Å²) in [5.74, 6) is -0.897. The van der Waals surface area contributed by atoms with Crippen LogP contribution in [0, 0.1) is 0 Å². The van der Waals surface area contributed by atoms with Crippen LogP contribution in [0.3, 0.4) is 0 Å². The number of fused-ring (bicyclic) bond motifs is 1. The van der Waals surface area contributed by atoms with Crippen molar-refractivity contribution in [3.8, 4) is 0 Å². The third kappa shape index (κ3) is 5.73. The van der Waals surface area contributed by atoms with Crippen LogP contribution in [0.4, 0.5) is 5.69 Å². The number of carbonyl (C=O) groups excluding carboxylic acids is 2. The summed E-state index contributed by atoms with van der Waals surface area (Å²) in [7, 11) is 0. The fourth-order valence-electron chi connectivity index (χ4n) is 3.45. The first-order chi connectivity index (χ1) is 14.5. The van der Waals surface area contributed by atoms with E-state index in [0.29, 0.717) is 30.6 Å². The number of hydrogen-bond donors (Lipinski definition) is 3. The van der Waals surface area contributed by atoms with Crippen LogP contribution in [0.2, 0.25) is 0 Å². The Morgan fingerprint density at radius 1 is 0.871 bits per heavy atom. The molecule has 0 saturated heterocycles. The van der Waals surface area contributed by atoms with Crippen LogP contribution in [-0.2, 0) is 4.79 Å². The second kappa shape index (κ2) is 11.0. The van der Waals surface area contributed by atoms with Gasteiger partial charge in [-0.1, -0.05) is 54.6 Å². The maximum atomic E-state index is 13.5. The summed E-state index contributed by atoms with van der Waals surface area (Å²) >= 11 is 0. The number of aliphatic imine (C=N–C) groups is 1. The van der Waals surface area contributed by atoms with Crippen LogP contribution in [0.5, 0.6) is 0 Å². The molecule has 3 aromatic rings. The van der Waals surface area contributed by atoms with E-state index in [9.17, 15) is 9.59 Å². The van der Waals surface area contributed by atoms with Gasteiger partial charge < -0.3 is 17.2 Å². The van der Waals surface area contributed by atoms with Crippen LogP contribution in [0.1, 0.15) is 23.2 Å². The molecule has 0 radical (unpaired) electrons. The fourth-order valence-corrected chi connectivity index (χ4v) is 3.45. The maximum absolute atomic E-state index is 13.5. The van der Waals surface area contributed by atoms with Gasteiger partial charge in [-0.2, -0.15) is 0 Å². The third-order valence-corrected chi connectivity index (χ3v) is 4.84. The van der Waals surface area contributed by atoms with E-state index in [0.717, 1.165) is 10.8 Å². The number of carbonyl (C=O) groups is 2. The molecule has 0 bridgehead atoms. The van der Waals surface area contributed by atoms with E-state index in [2.05, 4.69) is 4.99 Å². The molecular weight excluding hydrogens is 414 g/mol. The fraction of sp³-hybridized carbons (Fsp3) is 0.174. The summed E-state index contributed by atoms with van der Waals surface area (Å²) in [5.41, 5.74) is 17.6. The monoisotopic (exact) mass is 439 g/mol. The number of halogens is 1. The van der Waals surface area contributed by atoms with Crippen LogP contribution in [-0.4, -0.2) is 30.4 Å². The molecule has 0 fully saturated rings. The van der Waals surface area contributed by atoms with Crippen LogP contribution < -0.4 is 22.1 Å². The molecular formula is C23H26ClN5O2. The lowest BCUT2D eigenvalue weighted by molar-refractivity contribution is -0.119. The van der Waals surface area contributed by atoms with Gasteiger partial charge in [-0.05, 0) is 36.4 Å². The first-order valence-electron chi connectivity index (χ1n) is 9.70. The first kappa shape index (κ1) is 23.7. The maximum Gasteiger partial charge on any atom is 0.259 e. The van der Waals surface area contributed by atoms with Crippen molar-refractivity contribution < 1.29 is 9.59 Å². The highest BCUT2D eigenvalue weighted by molar-refractivity contribution is 6.13. The molecule has 0 unspecified atom stereocenters. The summed E-state index contributed by atoms with van der Waals surface area (Å²) in [6.45, 7) is 0.342.